The molecule has 0 saturated carbocycles. The molecule has 0 saturated heterocycles. The lowest BCUT2D eigenvalue weighted by atomic mass is 9.95. The molecule has 0 unspecified atom stereocenters. The van der Waals surface area contributed by atoms with Crippen molar-refractivity contribution in [2.75, 3.05) is 12.4 Å². The highest BCUT2D eigenvalue weighted by Gasteiger charge is 2.32. The molecule has 3 heterocycles. The Labute approximate surface area is 253 Å². The topological polar surface area (TPSA) is 77.6 Å². The van der Waals surface area contributed by atoms with Crippen molar-refractivity contribution in [1.82, 2.24) is 9.13 Å². The summed E-state index contributed by atoms with van der Waals surface area (Å²) in [6, 6.07) is 26.6. The summed E-state index contributed by atoms with van der Waals surface area (Å²) in [7, 11) is 1.61. The number of hydrogen-bond donors (Lipinski definition) is 1. The summed E-state index contributed by atoms with van der Waals surface area (Å²) >= 11 is 1.33. The maximum atomic E-state index is 14.2. The minimum Gasteiger partial charge on any atom is -0.497 e. The zero-order valence-corrected chi connectivity index (χ0v) is 25.5. The van der Waals surface area contributed by atoms with Crippen LogP contribution in [0.25, 0.3) is 11.8 Å². The number of carbonyl (C=O) groups is 1. The number of allylic oxidation sites excluding steroid dienone is 1. The van der Waals surface area contributed by atoms with E-state index in [1.165, 1.54) is 16.9 Å². The molecule has 0 spiro atoms. The predicted octanol–water partition coefficient (Wildman–Crippen LogP) is 5.60. The minimum absolute atomic E-state index is 0.192. The molecule has 1 aliphatic heterocycles. The van der Waals surface area contributed by atoms with E-state index < -0.39 is 6.04 Å². The van der Waals surface area contributed by atoms with Crippen LogP contribution in [0.1, 0.15) is 41.0 Å². The summed E-state index contributed by atoms with van der Waals surface area (Å²) in [5, 5.41) is 2.99. The molecule has 2 aromatic heterocycles. The molecule has 8 heteroatoms. The van der Waals surface area contributed by atoms with Gasteiger partial charge in [-0.3, -0.25) is 14.2 Å². The number of nitrogens with zero attached hydrogens (tertiary/aromatic N) is 3. The van der Waals surface area contributed by atoms with Crippen molar-refractivity contribution in [3.63, 3.8) is 0 Å². The lowest BCUT2D eigenvalue weighted by Crippen LogP contribution is -2.40. The fraction of sp³-hybridized carbons (Fsp3) is 0.171. The summed E-state index contributed by atoms with van der Waals surface area (Å²) in [5.41, 5.74) is 7.61. The van der Waals surface area contributed by atoms with E-state index in [0.717, 1.165) is 28.2 Å². The van der Waals surface area contributed by atoms with Gasteiger partial charge in [-0.25, -0.2) is 4.99 Å². The van der Waals surface area contributed by atoms with Crippen LogP contribution in [0.2, 0.25) is 0 Å². The summed E-state index contributed by atoms with van der Waals surface area (Å²) in [6.07, 6.45) is 1.94. The van der Waals surface area contributed by atoms with Crippen LogP contribution in [-0.4, -0.2) is 22.2 Å². The highest BCUT2D eigenvalue weighted by molar-refractivity contribution is 7.07. The number of methoxy groups -OCH3 is 1. The van der Waals surface area contributed by atoms with Crippen LogP contribution < -0.4 is 24.9 Å². The van der Waals surface area contributed by atoms with Gasteiger partial charge in [0.15, 0.2) is 4.80 Å². The molecule has 0 fully saturated rings. The third-order valence-corrected chi connectivity index (χ3v) is 8.76. The zero-order valence-electron chi connectivity index (χ0n) is 24.7. The monoisotopic (exact) mass is 588 g/mol. The molecular weight excluding hydrogens is 556 g/mol. The minimum atomic E-state index is -0.659. The molecule has 1 amide bonds. The van der Waals surface area contributed by atoms with Gasteiger partial charge < -0.3 is 14.6 Å². The van der Waals surface area contributed by atoms with Crippen LogP contribution in [0.4, 0.5) is 5.69 Å². The van der Waals surface area contributed by atoms with E-state index in [4.69, 9.17) is 9.73 Å². The predicted molar refractivity (Wildman–Crippen MR) is 172 cm³/mol. The molecule has 0 aliphatic carbocycles. The van der Waals surface area contributed by atoms with Crippen molar-refractivity contribution in [1.29, 1.82) is 0 Å². The van der Waals surface area contributed by atoms with Gasteiger partial charge in [0.25, 0.3) is 11.5 Å². The van der Waals surface area contributed by atoms with Crippen molar-refractivity contribution < 1.29 is 9.53 Å². The van der Waals surface area contributed by atoms with Gasteiger partial charge in [0.1, 0.15) is 5.75 Å². The van der Waals surface area contributed by atoms with Gasteiger partial charge in [-0.1, -0.05) is 59.4 Å². The quantitative estimate of drug-likeness (QED) is 0.281. The van der Waals surface area contributed by atoms with Crippen molar-refractivity contribution in [2.24, 2.45) is 4.99 Å². The van der Waals surface area contributed by atoms with E-state index in [9.17, 15) is 9.59 Å². The maximum Gasteiger partial charge on any atom is 0.271 e. The standard InChI is InChI=1S/C35H32N4O3S/c1-21-11-15-28(16-12-21)38-22(2)19-26(24(38)4)20-30-34(41)39-32(25-13-17-29(42-5)18-14-25)31(23(3)36-35(39)43-30)33(40)37-27-9-7-6-8-10-27/h6-20,32H,1-5H3,(H,37,40)/b30-20+/t32-/m1/s1. The van der Waals surface area contributed by atoms with Gasteiger partial charge in [-0.05, 0) is 87.4 Å². The molecule has 0 radical (unpaired) electrons. The van der Waals surface area contributed by atoms with Gasteiger partial charge in [0.05, 0.1) is 29.0 Å². The van der Waals surface area contributed by atoms with Crippen LogP contribution in [0.15, 0.2) is 106 Å². The average molecular weight is 589 g/mol. The fourth-order valence-corrected chi connectivity index (χ4v) is 6.64. The Balaban J connectivity index is 1.49. The third-order valence-electron chi connectivity index (χ3n) is 7.78. The van der Waals surface area contributed by atoms with Crippen molar-refractivity contribution in [3.8, 4) is 11.4 Å². The number of thiazole rings is 1. The number of fused-ring (bicyclic) bond motifs is 1. The normalized spacial score (nSPS) is 14.8. The Kier molecular flexibility index (Phi) is 7.46. The number of anilines is 1. The number of hydrogen-bond acceptors (Lipinski definition) is 5. The van der Waals surface area contributed by atoms with Crippen LogP contribution in [0, 0.1) is 20.8 Å². The number of carbonyl (C=O) groups excluding carboxylic acids is 1. The molecule has 43 heavy (non-hydrogen) atoms. The van der Waals surface area contributed by atoms with Gasteiger partial charge in [0, 0.05) is 22.8 Å². The Hall–Kier alpha value is -4.95. The van der Waals surface area contributed by atoms with Crippen LogP contribution in [0.3, 0.4) is 0 Å². The summed E-state index contributed by atoms with van der Waals surface area (Å²) in [5.74, 6) is 0.389. The Morgan fingerprint density at radius 2 is 1.65 bits per heavy atom. The second-order valence-corrected chi connectivity index (χ2v) is 11.7. The molecular formula is C35H32N4O3S. The molecule has 0 bridgehead atoms. The SMILES string of the molecule is COc1ccc([C@@H]2C(C(=O)Nc3ccccc3)=C(C)N=c3s/c(=C/c4cc(C)n(-c5ccc(C)cc5)c4C)c(=O)n32)cc1. The fourth-order valence-electron chi connectivity index (χ4n) is 5.60. The zero-order chi connectivity index (χ0) is 30.2. The van der Waals surface area contributed by atoms with Gasteiger partial charge >= 0.3 is 0 Å². The van der Waals surface area contributed by atoms with Crippen molar-refractivity contribution >= 4 is 29.0 Å². The highest BCUT2D eigenvalue weighted by Crippen LogP contribution is 2.32. The first-order valence-corrected chi connectivity index (χ1v) is 14.9. The van der Waals surface area contributed by atoms with E-state index in [1.54, 1.807) is 11.7 Å². The first-order chi connectivity index (χ1) is 20.7. The Morgan fingerprint density at radius 1 is 0.953 bits per heavy atom. The second-order valence-electron chi connectivity index (χ2n) is 10.7. The van der Waals surface area contributed by atoms with Crippen molar-refractivity contribution in [3.05, 3.63) is 144 Å². The van der Waals surface area contributed by atoms with Gasteiger partial charge in [-0.2, -0.15) is 0 Å². The molecule has 6 rings (SSSR count). The number of aryl methyl sites for hydroxylation is 2. The average Bonchev–Trinajstić information content (AvgIpc) is 3.46. The number of amides is 1. The molecule has 3 aromatic carbocycles. The lowest BCUT2D eigenvalue weighted by molar-refractivity contribution is -0.113. The number of benzene rings is 3. The van der Waals surface area contributed by atoms with Crippen LogP contribution in [0.5, 0.6) is 5.75 Å². The smallest absolute Gasteiger partial charge is 0.271 e. The second kappa shape index (κ2) is 11.4. The molecule has 1 atom stereocenters. The van der Waals surface area contributed by atoms with E-state index in [2.05, 4.69) is 61.0 Å². The molecule has 216 valence electrons. The number of ether oxygens (including phenoxy) is 1. The lowest BCUT2D eigenvalue weighted by Gasteiger charge is -2.25. The molecule has 1 N–H and O–H groups in total. The molecule has 1 aliphatic rings. The highest BCUT2D eigenvalue weighted by atomic mass is 32.1. The first kappa shape index (κ1) is 28.2. The number of aromatic nitrogens is 2. The third kappa shape index (κ3) is 5.26. The van der Waals surface area contributed by atoms with Crippen molar-refractivity contribution in [2.45, 2.75) is 33.7 Å². The summed E-state index contributed by atoms with van der Waals surface area (Å²) < 4.78 is 9.76. The van der Waals surface area contributed by atoms with E-state index >= 15 is 0 Å². The Bertz CT molecular complexity index is 2050. The number of nitrogens with one attached hydrogen (secondary N) is 1. The van der Waals surface area contributed by atoms with E-state index in [-0.39, 0.29) is 11.5 Å². The Morgan fingerprint density at radius 3 is 2.33 bits per heavy atom. The first-order valence-electron chi connectivity index (χ1n) is 14.0. The summed E-state index contributed by atoms with van der Waals surface area (Å²) in [4.78, 5) is 33.3. The largest absolute Gasteiger partial charge is 0.497 e. The number of rotatable bonds is 6. The molecule has 5 aromatic rings. The van der Waals surface area contributed by atoms with E-state index in [1.807, 2.05) is 67.6 Å². The maximum absolute atomic E-state index is 14.2. The van der Waals surface area contributed by atoms with Crippen LogP contribution >= 0.6 is 11.3 Å². The van der Waals surface area contributed by atoms with Gasteiger partial charge in [0.2, 0.25) is 0 Å². The van der Waals surface area contributed by atoms with Crippen LogP contribution in [-0.2, 0) is 4.79 Å². The van der Waals surface area contributed by atoms with Gasteiger partial charge in [-0.15, -0.1) is 0 Å². The molecule has 7 nitrogen and oxygen atoms in total. The van der Waals surface area contributed by atoms with E-state index in [0.29, 0.717) is 32.0 Å². The number of para-hydroxylation sites is 1. The summed E-state index contributed by atoms with van der Waals surface area (Å²) in [6.45, 7) is 8.02.